The standard InChI is InChI=1S/C14H7Cl2NO2/c15-8-5-6-12-10(7-8)14(18)13(17(12)19)9-3-1-2-4-11(9)16/h1-7H. The van der Waals surface area contributed by atoms with Gasteiger partial charge in [-0.15, -0.1) is 0 Å². The number of rotatable bonds is 1. The maximum Gasteiger partial charge on any atom is 0.274 e. The Morgan fingerprint density at radius 3 is 2.47 bits per heavy atom. The van der Waals surface area contributed by atoms with Gasteiger partial charge < -0.3 is 5.21 Å². The van der Waals surface area contributed by atoms with E-state index in [0.717, 1.165) is 0 Å². The Bertz CT molecular complexity index is 738. The second kappa shape index (κ2) is 4.37. The highest BCUT2D eigenvalue weighted by Gasteiger charge is 2.37. The van der Waals surface area contributed by atoms with Crippen molar-refractivity contribution < 1.29 is 9.53 Å². The van der Waals surface area contributed by atoms with Gasteiger partial charge >= 0.3 is 0 Å². The van der Waals surface area contributed by atoms with Crippen molar-refractivity contribution in [3.8, 4) is 0 Å². The minimum atomic E-state index is -0.361. The lowest BCUT2D eigenvalue weighted by Gasteiger charge is -2.03. The quantitative estimate of drug-likeness (QED) is 0.592. The van der Waals surface area contributed by atoms with Crippen molar-refractivity contribution in [2.45, 2.75) is 0 Å². The summed E-state index contributed by atoms with van der Waals surface area (Å²) in [4.78, 5) is 12.3. The molecule has 2 aromatic carbocycles. The molecule has 0 unspecified atom stereocenters. The fourth-order valence-electron chi connectivity index (χ4n) is 2.09. The minimum Gasteiger partial charge on any atom is -0.618 e. The highest BCUT2D eigenvalue weighted by molar-refractivity contribution is 6.54. The van der Waals surface area contributed by atoms with Crippen molar-refractivity contribution in [1.29, 1.82) is 0 Å². The first-order valence-electron chi connectivity index (χ1n) is 5.53. The second-order valence-corrected chi connectivity index (χ2v) is 4.96. The zero-order valence-corrected chi connectivity index (χ0v) is 11.1. The molecule has 0 atom stereocenters. The van der Waals surface area contributed by atoms with Crippen LogP contribution in [-0.2, 0) is 0 Å². The Morgan fingerprint density at radius 1 is 1.00 bits per heavy atom. The first-order chi connectivity index (χ1) is 9.09. The summed E-state index contributed by atoms with van der Waals surface area (Å²) >= 11 is 11.9. The molecule has 1 aliphatic heterocycles. The minimum absolute atomic E-state index is 0.0304. The van der Waals surface area contributed by atoms with Crippen molar-refractivity contribution in [3.05, 3.63) is 68.8 Å². The summed E-state index contributed by atoms with van der Waals surface area (Å²) in [6.45, 7) is 0. The van der Waals surface area contributed by atoms with Gasteiger partial charge in [0.1, 0.15) is 5.56 Å². The van der Waals surface area contributed by atoms with Crippen molar-refractivity contribution in [3.63, 3.8) is 0 Å². The molecule has 0 aliphatic carbocycles. The normalized spacial score (nSPS) is 13.9. The summed E-state index contributed by atoms with van der Waals surface area (Å²) in [5.74, 6) is -0.361. The summed E-state index contributed by atoms with van der Waals surface area (Å²) in [5.41, 5.74) is 1.06. The van der Waals surface area contributed by atoms with E-state index in [1.165, 1.54) is 12.1 Å². The molecule has 94 valence electrons. The van der Waals surface area contributed by atoms with Crippen LogP contribution in [0.5, 0.6) is 0 Å². The number of carbonyl (C=O) groups is 1. The van der Waals surface area contributed by atoms with Crippen LogP contribution >= 0.6 is 23.2 Å². The molecule has 2 aromatic rings. The smallest absolute Gasteiger partial charge is 0.274 e. The van der Waals surface area contributed by atoms with E-state index >= 15 is 0 Å². The predicted octanol–water partition coefficient (Wildman–Crippen LogP) is 3.82. The van der Waals surface area contributed by atoms with Crippen LogP contribution in [0.15, 0.2) is 42.5 Å². The Labute approximate surface area is 119 Å². The summed E-state index contributed by atoms with van der Waals surface area (Å²) in [6, 6.07) is 11.4. The maximum absolute atomic E-state index is 12.3. The second-order valence-electron chi connectivity index (χ2n) is 4.11. The first kappa shape index (κ1) is 12.2. The SMILES string of the molecule is O=C1C(c2ccccc2Cl)=[N+]([O-])c2ccc(Cl)cc21. The van der Waals surface area contributed by atoms with Crippen LogP contribution in [0.1, 0.15) is 15.9 Å². The van der Waals surface area contributed by atoms with Gasteiger partial charge in [0.05, 0.1) is 10.6 Å². The first-order valence-corrected chi connectivity index (χ1v) is 6.28. The van der Waals surface area contributed by atoms with Crippen molar-refractivity contribution in [1.82, 2.24) is 0 Å². The third kappa shape index (κ3) is 1.82. The number of hydrogen-bond acceptors (Lipinski definition) is 2. The van der Waals surface area contributed by atoms with Gasteiger partial charge in [0.25, 0.3) is 11.5 Å². The maximum atomic E-state index is 12.3. The zero-order chi connectivity index (χ0) is 13.6. The molecule has 0 amide bonds. The molecule has 19 heavy (non-hydrogen) atoms. The molecule has 0 bridgehead atoms. The molecule has 0 spiro atoms. The van der Waals surface area contributed by atoms with E-state index in [-0.39, 0.29) is 11.5 Å². The van der Waals surface area contributed by atoms with Gasteiger partial charge in [0.2, 0.25) is 5.69 Å². The van der Waals surface area contributed by atoms with Crippen LogP contribution in [0.4, 0.5) is 5.69 Å². The lowest BCUT2D eigenvalue weighted by molar-refractivity contribution is -0.355. The largest absolute Gasteiger partial charge is 0.618 e. The van der Waals surface area contributed by atoms with Crippen LogP contribution in [0.25, 0.3) is 0 Å². The van der Waals surface area contributed by atoms with Gasteiger partial charge in [-0.1, -0.05) is 35.3 Å². The predicted molar refractivity (Wildman–Crippen MR) is 74.6 cm³/mol. The lowest BCUT2D eigenvalue weighted by Crippen LogP contribution is -2.17. The highest BCUT2D eigenvalue weighted by atomic mass is 35.5. The Kier molecular flexibility index (Phi) is 2.81. The van der Waals surface area contributed by atoms with E-state index in [9.17, 15) is 10.0 Å². The number of nitrogens with zero attached hydrogens (tertiary/aromatic N) is 1. The van der Waals surface area contributed by atoms with Crippen LogP contribution in [0.3, 0.4) is 0 Å². The zero-order valence-electron chi connectivity index (χ0n) is 9.56. The summed E-state index contributed by atoms with van der Waals surface area (Å²) in [6.07, 6.45) is 0. The van der Waals surface area contributed by atoms with Crippen LogP contribution in [0, 0.1) is 5.21 Å². The topological polar surface area (TPSA) is 43.1 Å². The molecule has 5 heteroatoms. The molecular weight excluding hydrogens is 285 g/mol. The highest BCUT2D eigenvalue weighted by Crippen LogP contribution is 2.31. The number of carbonyl (C=O) groups excluding carboxylic acids is 1. The van der Waals surface area contributed by atoms with Crippen LogP contribution in [-0.4, -0.2) is 16.2 Å². The Morgan fingerprint density at radius 2 is 1.74 bits per heavy atom. The molecular formula is C14H7Cl2NO2. The molecule has 3 nitrogen and oxygen atoms in total. The van der Waals surface area contributed by atoms with Gasteiger partial charge in [-0.2, -0.15) is 4.74 Å². The van der Waals surface area contributed by atoms with Gasteiger partial charge in [-0.3, -0.25) is 4.79 Å². The van der Waals surface area contributed by atoms with E-state index in [4.69, 9.17) is 23.2 Å². The van der Waals surface area contributed by atoms with Gasteiger partial charge in [-0.05, 0) is 24.3 Å². The molecule has 0 saturated carbocycles. The molecule has 0 N–H and O–H groups in total. The van der Waals surface area contributed by atoms with Gasteiger partial charge in [-0.25, -0.2) is 0 Å². The fraction of sp³-hybridized carbons (Fsp3) is 0. The van der Waals surface area contributed by atoms with E-state index < -0.39 is 0 Å². The van der Waals surface area contributed by atoms with Crippen molar-refractivity contribution >= 4 is 40.4 Å². The number of fused-ring (bicyclic) bond motifs is 1. The van der Waals surface area contributed by atoms with E-state index in [0.29, 0.717) is 31.6 Å². The average molecular weight is 292 g/mol. The van der Waals surface area contributed by atoms with Gasteiger partial charge in [0, 0.05) is 11.1 Å². The lowest BCUT2D eigenvalue weighted by atomic mass is 10.0. The summed E-state index contributed by atoms with van der Waals surface area (Å²) < 4.78 is 0.606. The van der Waals surface area contributed by atoms with Gasteiger partial charge in [0.15, 0.2) is 0 Å². The molecule has 1 aliphatic rings. The summed E-state index contributed by atoms with van der Waals surface area (Å²) in [7, 11) is 0. The molecule has 0 fully saturated rings. The fourth-order valence-corrected chi connectivity index (χ4v) is 2.49. The Hall–Kier alpha value is -1.84. The molecule has 1 heterocycles. The number of halogens is 2. The molecule has 3 rings (SSSR count). The van der Waals surface area contributed by atoms with Crippen molar-refractivity contribution in [2.75, 3.05) is 0 Å². The number of Topliss-reactive ketones (excluding diaryl/α,β-unsaturated/α-hetero) is 1. The van der Waals surface area contributed by atoms with E-state index in [2.05, 4.69) is 0 Å². The monoisotopic (exact) mass is 291 g/mol. The Balaban J connectivity index is 2.24. The molecule has 0 radical (unpaired) electrons. The molecule has 0 aromatic heterocycles. The third-order valence-electron chi connectivity index (χ3n) is 2.97. The average Bonchev–Trinajstić information content (AvgIpc) is 2.63. The van der Waals surface area contributed by atoms with Crippen molar-refractivity contribution in [2.24, 2.45) is 0 Å². The molecule has 0 saturated heterocycles. The summed E-state index contributed by atoms with van der Waals surface area (Å²) in [5, 5.41) is 13.0. The van der Waals surface area contributed by atoms with Crippen LogP contribution < -0.4 is 0 Å². The third-order valence-corrected chi connectivity index (χ3v) is 3.53. The van der Waals surface area contributed by atoms with Crippen LogP contribution in [0.2, 0.25) is 10.0 Å². The van der Waals surface area contributed by atoms with E-state index in [1.807, 2.05) is 0 Å². The number of hydrogen-bond donors (Lipinski definition) is 0. The van der Waals surface area contributed by atoms with E-state index in [1.54, 1.807) is 30.3 Å². The number of ketones is 1. The number of benzene rings is 2.